The average molecular weight is 416 g/mol. The Hall–Kier alpha value is -2.60. The van der Waals surface area contributed by atoms with Gasteiger partial charge in [-0.3, -0.25) is 5.10 Å². The van der Waals surface area contributed by atoms with Crippen LogP contribution in [-0.2, 0) is 4.43 Å². The molecule has 0 spiro atoms. The highest BCUT2D eigenvalue weighted by Crippen LogP contribution is 2.26. The van der Waals surface area contributed by atoms with Gasteiger partial charge in [0.25, 0.3) is 0 Å². The number of alkyl halides is 1. The molecule has 0 bridgehead atoms. The summed E-state index contributed by atoms with van der Waals surface area (Å²) in [5.74, 6) is 0.895. The zero-order valence-electron chi connectivity index (χ0n) is 12.0. The minimum absolute atomic E-state index is 0.356. The molecular formula is C16H13IN6. The van der Waals surface area contributed by atoms with Crippen LogP contribution < -0.4 is 5.32 Å². The highest BCUT2D eigenvalue weighted by atomic mass is 127. The van der Waals surface area contributed by atoms with Gasteiger partial charge in [-0.05, 0) is 29.8 Å². The van der Waals surface area contributed by atoms with Crippen molar-refractivity contribution in [1.29, 1.82) is 5.26 Å². The van der Waals surface area contributed by atoms with E-state index in [0.29, 0.717) is 17.2 Å². The molecule has 0 radical (unpaired) electrons. The molecule has 23 heavy (non-hydrogen) atoms. The predicted octanol–water partition coefficient (Wildman–Crippen LogP) is 4.04. The van der Waals surface area contributed by atoms with Crippen LogP contribution in [0.1, 0.15) is 16.8 Å². The molecule has 0 aliphatic rings. The first kappa shape index (κ1) is 15.3. The lowest BCUT2D eigenvalue weighted by atomic mass is 10.2. The quantitative estimate of drug-likeness (QED) is 0.333. The van der Waals surface area contributed by atoms with Crippen molar-refractivity contribution >= 4 is 46.1 Å². The van der Waals surface area contributed by atoms with E-state index < -0.39 is 0 Å². The predicted molar refractivity (Wildman–Crippen MR) is 98.8 cm³/mol. The van der Waals surface area contributed by atoms with E-state index in [1.54, 1.807) is 6.21 Å². The van der Waals surface area contributed by atoms with E-state index in [-0.39, 0.29) is 0 Å². The van der Waals surface area contributed by atoms with Crippen LogP contribution in [0, 0.1) is 11.3 Å². The summed E-state index contributed by atoms with van der Waals surface area (Å²) in [6.07, 6.45) is 3.45. The number of rotatable bonds is 5. The number of aromatic amines is 2. The molecule has 0 aliphatic heterocycles. The first-order valence-corrected chi connectivity index (χ1v) is 8.40. The van der Waals surface area contributed by atoms with E-state index in [1.165, 1.54) is 5.56 Å². The molecule has 6 nitrogen and oxygen atoms in total. The minimum Gasteiger partial charge on any atom is -0.360 e. The lowest BCUT2D eigenvalue weighted by Gasteiger charge is -2.05. The maximum atomic E-state index is 9.39. The Kier molecular flexibility index (Phi) is 4.73. The molecule has 2 heterocycles. The number of nitrogens with one attached hydrogen (secondary N) is 3. The van der Waals surface area contributed by atoms with Crippen molar-refractivity contribution in [2.75, 3.05) is 5.32 Å². The first-order valence-electron chi connectivity index (χ1n) is 6.88. The van der Waals surface area contributed by atoms with E-state index in [1.807, 2.05) is 36.5 Å². The third-order valence-corrected chi connectivity index (χ3v) is 4.04. The van der Waals surface area contributed by atoms with Crippen molar-refractivity contribution in [1.82, 2.24) is 15.2 Å². The highest BCUT2D eigenvalue weighted by Gasteiger charge is 2.12. The number of aromatic nitrogens is 3. The zero-order valence-corrected chi connectivity index (χ0v) is 14.2. The fraction of sp³-hybridized carbons (Fsp3) is 0.0625. The SMILES string of the molecule is N#Cc1c(N=Cc2ccc[nH]2)n[nH]c1Nc1cccc(CI)c1. The third kappa shape index (κ3) is 3.60. The van der Waals surface area contributed by atoms with Gasteiger partial charge in [0.05, 0.1) is 11.9 Å². The van der Waals surface area contributed by atoms with Crippen LogP contribution in [0.25, 0.3) is 0 Å². The summed E-state index contributed by atoms with van der Waals surface area (Å²) < 4.78 is 0.924. The van der Waals surface area contributed by atoms with Crippen LogP contribution in [0.3, 0.4) is 0 Å². The van der Waals surface area contributed by atoms with Crippen molar-refractivity contribution < 1.29 is 0 Å². The summed E-state index contributed by atoms with van der Waals surface area (Å²) >= 11 is 2.31. The van der Waals surface area contributed by atoms with Crippen LogP contribution in [0.5, 0.6) is 0 Å². The minimum atomic E-state index is 0.356. The van der Waals surface area contributed by atoms with Gasteiger partial charge in [-0.15, -0.1) is 0 Å². The van der Waals surface area contributed by atoms with E-state index >= 15 is 0 Å². The van der Waals surface area contributed by atoms with E-state index in [9.17, 15) is 5.26 Å². The van der Waals surface area contributed by atoms with Gasteiger partial charge in [0.15, 0.2) is 5.82 Å². The van der Waals surface area contributed by atoms with Crippen LogP contribution in [-0.4, -0.2) is 21.4 Å². The zero-order chi connectivity index (χ0) is 16.1. The third-order valence-electron chi connectivity index (χ3n) is 3.16. The Balaban J connectivity index is 1.85. The summed E-state index contributed by atoms with van der Waals surface area (Å²) in [6.45, 7) is 0. The van der Waals surface area contributed by atoms with Gasteiger partial charge in [0.2, 0.25) is 0 Å². The maximum absolute atomic E-state index is 9.39. The standard InChI is InChI=1S/C16H13IN6/c17-8-11-3-1-4-12(7-11)21-16-14(9-18)15(22-23-16)20-10-13-5-2-6-19-13/h1-7,10,19H,8H2,(H2,21,22,23). The number of hydrogen-bond donors (Lipinski definition) is 3. The lowest BCUT2D eigenvalue weighted by molar-refractivity contribution is 1.09. The molecular weight excluding hydrogens is 403 g/mol. The molecule has 0 aliphatic carbocycles. The van der Waals surface area contributed by atoms with E-state index in [4.69, 9.17) is 0 Å². The summed E-state index contributed by atoms with van der Waals surface area (Å²) in [4.78, 5) is 7.27. The molecule has 114 valence electrons. The number of hydrogen-bond acceptors (Lipinski definition) is 4. The first-order chi connectivity index (χ1) is 11.3. The molecule has 3 rings (SSSR count). The van der Waals surface area contributed by atoms with Gasteiger partial charge in [-0.25, -0.2) is 4.99 Å². The van der Waals surface area contributed by atoms with Gasteiger partial charge in [0, 0.05) is 16.3 Å². The van der Waals surface area contributed by atoms with Crippen molar-refractivity contribution in [2.24, 2.45) is 4.99 Å². The molecule has 0 fully saturated rings. The molecule has 7 heteroatoms. The second-order valence-corrected chi connectivity index (χ2v) is 5.51. The van der Waals surface area contributed by atoms with E-state index in [0.717, 1.165) is 15.8 Å². The Morgan fingerprint density at radius 3 is 3.00 bits per heavy atom. The topological polar surface area (TPSA) is 92.7 Å². The number of benzene rings is 1. The molecule has 2 aromatic heterocycles. The van der Waals surface area contributed by atoms with Gasteiger partial charge in [0.1, 0.15) is 17.5 Å². The van der Waals surface area contributed by atoms with E-state index in [2.05, 4.69) is 60.2 Å². The molecule has 0 atom stereocenters. The van der Waals surface area contributed by atoms with Gasteiger partial charge in [-0.1, -0.05) is 34.7 Å². The molecule has 3 aromatic rings. The van der Waals surface area contributed by atoms with Crippen LogP contribution in [0.2, 0.25) is 0 Å². The molecule has 0 amide bonds. The number of nitrogens with zero attached hydrogens (tertiary/aromatic N) is 3. The summed E-state index contributed by atoms with van der Waals surface area (Å²) in [5, 5.41) is 19.5. The van der Waals surface area contributed by atoms with Gasteiger partial charge >= 0.3 is 0 Å². The molecule has 3 N–H and O–H groups in total. The highest BCUT2D eigenvalue weighted by molar-refractivity contribution is 14.1. The Morgan fingerprint density at radius 1 is 1.35 bits per heavy atom. The average Bonchev–Trinajstić information content (AvgIpc) is 3.22. The Labute approximate surface area is 146 Å². The van der Waals surface area contributed by atoms with Crippen molar-refractivity contribution in [3.05, 3.63) is 59.4 Å². The van der Waals surface area contributed by atoms with Crippen LogP contribution >= 0.6 is 22.6 Å². The number of anilines is 2. The summed E-state index contributed by atoms with van der Waals surface area (Å²) in [7, 11) is 0. The van der Waals surface area contributed by atoms with Crippen LogP contribution in [0.15, 0.2) is 47.6 Å². The van der Waals surface area contributed by atoms with Crippen molar-refractivity contribution in [3.63, 3.8) is 0 Å². The monoisotopic (exact) mass is 416 g/mol. The van der Waals surface area contributed by atoms with Crippen molar-refractivity contribution in [3.8, 4) is 6.07 Å². The fourth-order valence-electron chi connectivity index (χ4n) is 2.05. The van der Waals surface area contributed by atoms with Gasteiger partial charge in [-0.2, -0.15) is 10.4 Å². The Bertz CT molecular complexity index is 857. The molecule has 0 saturated carbocycles. The maximum Gasteiger partial charge on any atom is 0.193 e. The smallest absolute Gasteiger partial charge is 0.193 e. The Morgan fingerprint density at radius 2 is 2.26 bits per heavy atom. The van der Waals surface area contributed by atoms with Gasteiger partial charge < -0.3 is 10.3 Å². The number of halogens is 1. The number of nitriles is 1. The number of H-pyrrole nitrogens is 2. The molecule has 0 saturated heterocycles. The summed E-state index contributed by atoms with van der Waals surface area (Å²) in [6, 6.07) is 13.9. The molecule has 1 aromatic carbocycles. The number of aliphatic imine (C=N–C) groups is 1. The second-order valence-electron chi connectivity index (χ2n) is 4.75. The van der Waals surface area contributed by atoms with Crippen molar-refractivity contribution in [2.45, 2.75) is 4.43 Å². The second kappa shape index (κ2) is 7.11. The normalized spacial score (nSPS) is 10.8. The fourth-order valence-corrected chi connectivity index (χ4v) is 2.53. The lowest BCUT2D eigenvalue weighted by Crippen LogP contribution is -1.93. The summed E-state index contributed by atoms with van der Waals surface area (Å²) in [5.41, 5.74) is 3.34. The largest absolute Gasteiger partial charge is 0.360 e. The van der Waals surface area contributed by atoms with Crippen LogP contribution in [0.4, 0.5) is 17.3 Å². The molecule has 0 unspecified atom stereocenters.